The number of aromatic amines is 2. The molecule has 132 valence electrons. The van der Waals surface area contributed by atoms with Crippen molar-refractivity contribution in [3.8, 4) is 22.5 Å². The van der Waals surface area contributed by atoms with E-state index in [4.69, 9.17) is 9.97 Å². The minimum Gasteiger partial charge on any atom is -0.360 e. The molecule has 4 nitrogen and oxygen atoms in total. The first-order valence-corrected chi connectivity index (χ1v) is 9.28. The molecule has 0 saturated heterocycles. The van der Waals surface area contributed by atoms with Gasteiger partial charge in [-0.25, -0.2) is 9.97 Å². The second-order valence-electron chi connectivity index (χ2n) is 6.91. The van der Waals surface area contributed by atoms with Gasteiger partial charge in [0.15, 0.2) is 0 Å². The lowest BCUT2D eigenvalue weighted by atomic mass is 10.0. The smallest absolute Gasteiger partial charge is 0.0995 e. The van der Waals surface area contributed by atoms with Crippen LogP contribution in [0.25, 0.3) is 55.4 Å². The fourth-order valence-electron chi connectivity index (χ4n) is 3.91. The maximum absolute atomic E-state index is 5.03. The number of para-hydroxylation sites is 4. The van der Waals surface area contributed by atoms with Crippen molar-refractivity contribution in [3.63, 3.8) is 0 Å². The Bertz CT molecular complexity index is 1360. The lowest BCUT2D eigenvalue weighted by Gasteiger charge is -2.09. The molecular formula is C24H16N4. The molecule has 3 aromatic carbocycles. The third-order valence-corrected chi connectivity index (χ3v) is 5.26. The largest absolute Gasteiger partial charge is 0.360 e. The SMILES string of the molecule is c1ccc2nc(-c3c[nH]c4ccccc34)c(-c3c[nH]c4ccccc34)nc2c1. The van der Waals surface area contributed by atoms with Crippen LogP contribution in [0, 0.1) is 0 Å². The molecule has 0 aliphatic rings. The summed E-state index contributed by atoms with van der Waals surface area (Å²) in [6.45, 7) is 0. The first kappa shape index (κ1) is 15.2. The third kappa shape index (κ3) is 2.18. The molecule has 0 unspecified atom stereocenters. The van der Waals surface area contributed by atoms with E-state index in [9.17, 15) is 0 Å². The summed E-state index contributed by atoms with van der Waals surface area (Å²) < 4.78 is 0. The fourth-order valence-corrected chi connectivity index (χ4v) is 3.91. The number of rotatable bonds is 2. The van der Waals surface area contributed by atoms with Crippen LogP contribution in [-0.4, -0.2) is 19.9 Å². The molecule has 3 heterocycles. The Balaban J connectivity index is 1.73. The predicted octanol–water partition coefficient (Wildman–Crippen LogP) is 5.93. The third-order valence-electron chi connectivity index (χ3n) is 5.26. The highest BCUT2D eigenvalue weighted by Crippen LogP contribution is 2.37. The van der Waals surface area contributed by atoms with Crippen LogP contribution in [0.4, 0.5) is 0 Å². The molecule has 2 N–H and O–H groups in total. The second kappa shape index (κ2) is 5.79. The average molecular weight is 360 g/mol. The van der Waals surface area contributed by atoms with Crippen LogP contribution in [0.5, 0.6) is 0 Å². The summed E-state index contributed by atoms with van der Waals surface area (Å²) in [6, 6.07) is 24.6. The van der Waals surface area contributed by atoms with E-state index in [1.807, 2.05) is 48.8 Å². The summed E-state index contributed by atoms with van der Waals surface area (Å²) in [5, 5.41) is 2.29. The van der Waals surface area contributed by atoms with Crippen molar-refractivity contribution in [1.29, 1.82) is 0 Å². The van der Waals surface area contributed by atoms with Crippen LogP contribution in [0.3, 0.4) is 0 Å². The van der Waals surface area contributed by atoms with Crippen molar-refractivity contribution in [3.05, 3.63) is 85.2 Å². The Labute approximate surface area is 160 Å². The van der Waals surface area contributed by atoms with Crippen molar-refractivity contribution in [2.24, 2.45) is 0 Å². The molecule has 6 aromatic rings. The van der Waals surface area contributed by atoms with Gasteiger partial charge in [-0.2, -0.15) is 0 Å². The van der Waals surface area contributed by atoms with Crippen LogP contribution in [0.2, 0.25) is 0 Å². The molecule has 0 atom stereocenters. The topological polar surface area (TPSA) is 57.4 Å². The highest BCUT2D eigenvalue weighted by Gasteiger charge is 2.18. The number of nitrogens with one attached hydrogen (secondary N) is 2. The minimum atomic E-state index is 0.890. The van der Waals surface area contributed by atoms with Gasteiger partial charge in [-0.15, -0.1) is 0 Å². The van der Waals surface area contributed by atoms with Crippen molar-refractivity contribution < 1.29 is 0 Å². The number of nitrogens with zero attached hydrogens (tertiary/aromatic N) is 2. The number of fused-ring (bicyclic) bond motifs is 3. The van der Waals surface area contributed by atoms with E-state index in [-0.39, 0.29) is 0 Å². The first-order valence-electron chi connectivity index (χ1n) is 9.28. The molecule has 3 aromatic heterocycles. The van der Waals surface area contributed by atoms with E-state index in [1.165, 1.54) is 0 Å². The van der Waals surface area contributed by atoms with Gasteiger partial charge in [-0.1, -0.05) is 48.5 Å². The fraction of sp³-hybridized carbons (Fsp3) is 0. The molecular weight excluding hydrogens is 344 g/mol. The lowest BCUT2D eigenvalue weighted by Crippen LogP contribution is -1.94. The molecule has 0 aliphatic heterocycles. The Morgan fingerprint density at radius 1 is 0.500 bits per heavy atom. The van der Waals surface area contributed by atoms with Crippen LogP contribution < -0.4 is 0 Å². The Kier molecular flexibility index (Phi) is 3.14. The standard InChI is InChI=1S/C24H16N4/c1-3-9-19-15(7-1)17(13-25-19)23-24(28-22-12-6-5-11-21(22)27-23)18-14-26-20-10-4-2-8-16(18)20/h1-14,25-26H. The van der Waals surface area contributed by atoms with E-state index in [0.717, 1.165) is 55.4 Å². The maximum atomic E-state index is 5.03. The van der Waals surface area contributed by atoms with Gasteiger partial charge in [0.25, 0.3) is 0 Å². The van der Waals surface area contributed by atoms with Gasteiger partial charge in [0.2, 0.25) is 0 Å². The first-order chi connectivity index (χ1) is 13.9. The van der Waals surface area contributed by atoms with E-state index < -0.39 is 0 Å². The predicted molar refractivity (Wildman–Crippen MR) is 114 cm³/mol. The van der Waals surface area contributed by atoms with Crippen molar-refractivity contribution in [2.75, 3.05) is 0 Å². The zero-order chi connectivity index (χ0) is 18.5. The Morgan fingerprint density at radius 2 is 0.929 bits per heavy atom. The van der Waals surface area contributed by atoms with E-state index in [2.05, 4.69) is 46.4 Å². The van der Waals surface area contributed by atoms with Gasteiger partial charge < -0.3 is 9.97 Å². The quantitative estimate of drug-likeness (QED) is 0.402. The number of H-pyrrole nitrogens is 2. The van der Waals surface area contributed by atoms with Gasteiger partial charge in [-0.3, -0.25) is 0 Å². The van der Waals surface area contributed by atoms with Crippen LogP contribution in [0.15, 0.2) is 85.2 Å². The van der Waals surface area contributed by atoms with E-state index in [0.29, 0.717) is 0 Å². The van der Waals surface area contributed by atoms with E-state index in [1.54, 1.807) is 0 Å². The summed E-state index contributed by atoms with van der Waals surface area (Å²) in [5.74, 6) is 0. The van der Waals surface area contributed by atoms with Gasteiger partial charge in [0.1, 0.15) is 0 Å². The molecule has 0 amide bonds. The summed E-state index contributed by atoms with van der Waals surface area (Å²) in [7, 11) is 0. The van der Waals surface area contributed by atoms with Gasteiger partial charge in [-0.05, 0) is 24.3 Å². The molecule has 0 spiro atoms. The normalized spacial score (nSPS) is 11.6. The summed E-state index contributed by atoms with van der Waals surface area (Å²) in [6.07, 6.45) is 4.06. The zero-order valence-electron chi connectivity index (χ0n) is 15.0. The van der Waals surface area contributed by atoms with Crippen molar-refractivity contribution >= 4 is 32.8 Å². The number of hydrogen-bond donors (Lipinski definition) is 2. The van der Waals surface area contributed by atoms with Crippen molar-refractivity contribution in [1.82, 2.24) is 19.9 Å². The van der Waals surface area contributed by atoms with Gasteiger partial charge in [0.05, 0.1) is 22.4 Å². The molecule has 0 saturated carbocycles. The monoisotopic (exact) mass is 360 g/mol. The van der Waals surface area contributed by atoms with E-state index >= 15 is 0 Å². The van der Waals surface area contributed by atoms with Gasteiger partial charge in [0, 0.05) is 45.3 Å². The summed E-state index contributed by atoms with van der Waals surface area (Å²) >= 11 is 0. The minimum absolute atomic E-state index is 0.890. The molecule has 0 bridgehead atoms. The van der Waals surface area contributed by atoms with Crippen molar-refractivity contribution in [2.45, 2.75) is 0 Å². The Hall–Kier alpha value is -3.92. The number of benzene rings is 3. The van der Waals surface area contributed by atoms with Crippen LogP contribution >= 0.6 is 0 Å². The average Bonchev–Trinajstić information content (AvgIpc) is 3.37. The number of hydrogen-bond acceptors (Lipinski definition) is 2. The second-order valence-corrected chi connectivity index (χ2v) is 6.91. The molecule has 4 heteroatoms. The molecule has 0 radical (unpaired) electrons. The maximum Gasteiger partial charge on any atom is 0.0995 e. The highest BCUT2D eigenvalue weighted by atomic mass is 14.8. The van der Waals surface area contributed by atoms with Crippen LogP contribution in [-0.2, 0) is 0 Å². The van der Waals surface area contributed by atoms with Gasteiger partial charge >= 0.3 is 0 Å². The molecule has 0 fully saturated rings. The molecule has 6 rings (SSSR count). The molecule has 28 heavy (non-hydrogen) atoms. The Morgan fingerprint density at radius 3 is 1.43 bits per heavy atom. The lowest BCUT2D eigenvalue weighted by molar-refractivity contribution is 1.30. The number of aromatic nitrogens is 4. The summed E-state index contributed by atoms with van der Waals surface area (Å²) in [5.41, 5.74) is 7.89. The van der Waals surface area contributed by atoms with Crippen LogP contribution in [0.1, 0.15) is 0 Å². The molecule has 0 aliphatic carbocycles. The highest BCUT2D eigenvalue weighted by molar-refractivity contribution is 6.03. The summed E-state index contributed by atoms with van der Waals surface area (Å²) in [4.78, 5) is 16.8. The zero-order valence-corrected chi connectivity index (χ0v) is 15.0.